The number of rotatable bonds is 8. The average Bonchev–Trinajstić information content (AvgIpc) is 2.51. The summed E-state index contributed by atoms with van der Waals surface area (Å²) < 4.78 is 7.14. The molecule has 0 saturated carbocycles. The van der Waals surface area contributed by atoms with Crippen molar-refractivity contribution in [2.24, 2.45) is 0 Å². The second-order valence-corrected chi connectivity index (χ2v) is 5.46. The standard InChI is InChI=1S/C16H26N2O3/c1-2-8-17-14-4-3-5-15-13(14)6-7-16(20)18(15)9-11-21-12-10-19/h6-7,14,17,19H,2-5,8-12H2,1H3. The fourth-order valence-electron chi connectivity index (χ4n) is 2.96. The molecule has 0 aromatic carbocycles. The molecule has 1 atom stereocenters. The Morgan fingerprint density at radius 3 is 3.05 bits per heavy atom. The van der Waals surface area contributed by atoms with Crippen LogP contribution in [0.1, 0.15) is 43.5 Å². The Morgan fingerprint density at radius 2 is 2.29 bits per heavy atom. The number of hydrogen-bond acceptors (Lipinski definition) is 4. The molecule has 0 fully saturated rings. The lowest BCUT2D eigenvalue weighted by Gasteiger charge is -2.28. The van der Waals surface area contributed by atoms with Crippen molar-refractivity contribution < 1.29 is 9.84 Å². The maximum Gasteiger partial charge on any atom is 0.250 e. The van der Waals surface area contributed by atoms with Gasteiger partial charge in [0.25, 0.3) is 5.56 Å². The Bertz CT molecular complexity index is 499. The van der Waals surface area contributed by atoms with E-state index in [4.69, 9.17) is 9.84 Å². The Labute approximate surface area is 125 Å². The van der Waals surface area contributed by atoms with Gasteiger partial charge in [0.05, 0.1) is 19.8 Å². The van der Waals surface area contributed by atoms with Gasteiger partial charge in [0.2, 0.25) is 0 Å². The molecule has 5 heteroatoms. The highest BCUT2D eigenvalue weighted by Crippen LogP contribution is 2.28. The van der Waals surface area contributed by atoms with Gasteiger partial charge in [-0.3, -0.25) is 4.79 Å². The Balaban J connectivity index is 2.15. The molecule has 0 aliphatic heterocycles. The van der Waals surface area contributed by atoms with Crippen LogP contribution in [0.4, 0.5) is 0 Å². The van der Waals surface area contributed by atoms with Gasteiger partial charge in [0.15, 0.2) is 0 Å². The average molecular weight is 294 g/mol. The van der Waals surface area contributed by atoms with E-state index in [0.717, 1.165) is 37.9 Å². The number of hydrogen-bond donors (Lipinski definition) is 2. The van der Waals surface area contributed by atoms with Crippen LogP contribution in [0.15, 0.2) is 16.9 Å². The zero-order chi connectivity index (χ0) is 15.1. The number of aliphatic hydroxyl groups is 1. The van der Waals surface area contributed by atoms with Crippen LogP contribution in [0.2, 0.25) is 0 Å². The molecule has 1 unspecified atom stereocenters. The molecule has 2 rings (SSSR count). The van der Waals surface area contributed by atoms with E-state index in [1.54, 1.807) is 6.07 Å². The number of aromatic nitrogens is 1. The monoisotopic (exact) mass is 294 g/mol. The van der Waals surface area contributed by atoms with E-state index in [-0.39, 0.29) is 12.2 Å². The van der Waals surface area contributed by atoms with Gasteiger partial charge in [0, 0.05) is 24.3 Å². The van der Waals surface area contributed by atoms with Gasteiger partial charge in [0.1, 0.15) is 0 Å². The van der Waals surface area contributed by atoms with E-state index in [2.05, 4.69) is 12.2 Å². The highest BCUT2D eigenvalue weighted by atomic mass is 16.5. The number of fused-ring (bicyclic) bond motifs is 1. The van der Waals surface area contributed by atoms with Crippen LogP contribution in [0.3, 0.4) is 0 Å². The molecule has 5 nitrogen and oxygen atoms in total. The summed E-state index contributed by atoms with van der Waals surface area (Å²) in [6, 6.07) is 4.00. The molecule has 1 aromatic rings. The summed E-state index contributed by atoms with van der Waals surface area (Å²) >= 11 is 0. The molecule has 0 spiro atoms. The van der Waals surface area contributed by atoms with Crippen LogP contribution >= 0.6 is 0 Å². The zero-order valence-electron chi connectivity index (χ0n) is 12.8. The van der Waals surface area contributed by atoms with Crippen LogP contribution in [-0.4, -0.2) is 36.0 Å². The van der Waals surface area contributed by atoms with Crippen molar-refractivity contribution in [2.45, 2.75) is 45.2 Å². The van der Waals surface area contributed by atoms with Crippen molar-refractivity contribution in [1.82, 2.24) is 9.88 Å². The smallest absolute Gasteiger partial charge is 0.250 e. The van der Waals surface area contributed by atoms with Crippen molar-refractivity contribution in [1.29, 1.82) is 0 Å². The minimum absolute atomic E-state index is 0.0187. The van der Waals surface area contributed by atoms with E-state index in [0.29, 0.717) is 25.8 Å². The predicted octanol–water partition coefficient (Wildman–Crippen LogP) is 1.23. The summed E-state index contributed by atoms with van der Waals surface area (Å²) in [4.78, 5) is 12.1. The number of ether oxygens (including phenoxy) is 1. The molecule has 0 saturated heterocycles. The third-order valence-electron chi connectivity index (χ3n) is 3.95. The van der Waals surface area contributed by atoms with Crippen LogP contribution in [0, 0.1) is 0 Å². The zero-order valence-corrected chi connectivity index (χ0v) is 12.8. The normalized spacial score (nSPS) is 17.7. The second kappa shape index (κ2) is 8.32. The van der Waals surface area contributed by atoms with Crippen molar-refractivity contribution in [3.05, 3.63) is 33.7 Å². The molecular formula is C16H26N2O3. The van der Waals surface area contributed by atoms with Gasteiger partial charge in [-0.05, 0) is 37.8 Å². The number of nitrogens with zero attached hydrogens (tertiary/aromatic N) is 1. The highest BCUT2D eigenvalue weighted by molar-refractivity contribution is 5.27. The maximum absolute atomic E-state index is 12.1. The van der Waals surface area contributed by atoms with Crippen molar-refractivity contribution in [3.8, 4) is 0 Å². The Morgan fingerprint density at radius 1 is 1.43 bits per heavy atom. The first kappa shape index (κ1) is 16.2. The summed E-state index contributed by atoms with van der Waals surface area (Å²) in [5, 5.41) is 12.3. The molecular weight excluding hydrogens is 268 g/mol. The van der Waals surface area contributed by atoms with E-state index < -0.39 is 0 Å². The van der Waals surface area contributed by atoms with Crippen molar-refractivity contribution in [3.63, 3.8) is 0 Å². The lowest BCUT2D eigenvalue weighted by Crippen LogP contribution is -2.33. The largest absolute Gasteiger partial charge is 0.394 e. The summed E-state index contributed by atoms with van der Waals surface area (Å²) in [6.07, 6.45) is 4.30. The second-order valence-electron chi connectivity index (χ2n) is 5.46. The van der Waals surface area contributed by atoms with Crippen LogP contribution in [-0.2, 0) is 17.7 Å². The lowest BCUT2D eigenvalue weighted by molar-refractivity contribution is 0.0860. The minimum Gasteiger partial charge on any atom is -0.394 e. The van der Waals surface area contributed by atoms with Crippen molar-refractivity contribution in [2.75, 3.05) is 26.4 Å². The molecule has 0 radical (unpaired) electrons. The van der Waals surface area contributed by atoms with Crippen molar-refractivity contribution >= 4 is 0 Å². The molecule has 21 heavy (non-hydrogen) atoms. The highest BCUT2D eigenvalue weighted by Gasteiger charge is 2.22. The van der Waals surface area contributed by atoms with Gasteiger partial charge in [-0.25, -0.2) is 0 Å². The van der Waals surface area contributed by atoms with Gasteiger partial charge in [-0.2, -0.15) is 0 Å². The first-order valence-corrected chi connectivity index (χ1v) is 7.92. The van der Waals surface area contributed by atoms with Gasteiger partial charge < -0.3 is 19.7 Å². The fourth-order valence-corrected chi connectivity index (χ4v) is 2.96. The van der Waals surface area contributed by atoms with Gasteiger partial charge in [-0.1, -0.05) is 13.0 Å². The number of nitrogens with one attached hydrogen (secondary N) is 1. The van der Waals surface area contributed by atoms with E-state index >= 15 is 0 Å². The third kappa shape index (κ3) is 4.15. The number of aliphatic hydroxyl groups excluding tert-OH is 1. The lowest BCUT2D eigenvalue weighted by atomic mass is 9.90. The predicted molar refractivity (Wildman–Crippen MR) is 82.6 cm³/mol. The Hall–Kier alpha value is -1.17. The van der Waals surface area contributed by atoms with E-state index in [1.165, 1.54) is 5.56 Å². The molecule has 0 amide bonds. The molecule has 1 aliphatic rings. The quantitative estimate of drug-likeness (QED) is 0.708. The van der Waals surface area contributed by atoms with E-state index in [9.17, 15) is 4.79 Å². The first-order chi connectivity index (χ1) is 10.3. The van der Waals surface area contributed by atoms with Gasteiger partial charge >= 0.3 is 0 Å². The number of pyridine rings is 1. The SMILES string of the molecule is CCCNC1CCCc2c1ccc(=O)n2CCOCCO. The molecule has 1 aliphatic carbocycles. The molecule has 2 N–H and O–H groups in total. The topological polar surface area (TPSA) is 63.5 Å². The third-order valence-corrected chi connectivity index (χ3v) is 3.95. The fraction of sp³-hybridized carbons (Fsp3) is 0.688. The first-order valence-electron chi connectivity index (χ1n) is 7.92. The summed E-state index contributed by atoms with van der Waals surface area (Å²) in [5.74, 6) is 0. The summed E-state index contributed by atoms with van der Waals surface area (Å²) in [5.41, 5.74) is 2.45. The van der Waals surface area contributed by atoms with E-state index in [1.807, 2.05) is 10.6 Å². The van der Waals surface area contributed by atoms with Crippen LogP contribution in [0.5, 0.6) is 0 Å². The van der Waals surface area contributed by atoms with Crippen LogP contribution < -0.4 is 10.9 Å². The molecule has 1 aromatic heterocycles. The molecule has 1 heterocycles. The summed E-state index contributed by atoms with van der Waals surface area (Å²) in [7, 11) is 0. The molecule has 0 bridgehead atoms. The maximum atomic E-state index is 12.1. The molecule has 118 valence electrons. The Kier molecular flexibility index (Phi) is 6.42. The van der Waals surface area contributed by atoms with Crippen LogP contribution in [0.25, 0.3) is 0 Å². The van der Waals surface area contributed by atoms with Gasteiger partial charge in [-0.15, -0.1) is 0 Å². The minimum atomic E-state index is 0.0187. The summed E-state index contributed by atoms with van der Waals surface area (Å²) in [6.45, 7) is 4.53.